The molecule has 0 fully saturated rings. The van der Waals surface area contributed by atoms with Crippen LogP contribution in [0.2, 0.25) is 0 Å². The van der Waals surface area contributed by atoms with Crippen LogP contribution in [0.15, 0.2) is 29.9 Å². The highest BCUT2D eigenvalue weighted by molar-refractivity contribution is 5.97. The maximum Gasteiger partial charge on any atom is 0.160 e. The normalized spacial score (nSPS) is 22.3. The number of hydrogen-bond acceptors (Lipinski definition) is 2. The molecule has 1 aliphatic rings. The Morgan fingerprint density at radius 3 is 2.92 bits per heavy atom. The van der Waals surface area contributed by atoms with Gasteiger partial charge in [-0.25, -0.2) is 0 Å². The zero-order chi connectivity index (χ0) is 9.14. The van der Waals surface area contributed by atoms with E-state index in [0.29, 0.717) is 11.1 Å². The minimum atomic E-state index is -0.176. The molecule has 0 heterocycles. The maximum atomic E-state index is 11.0. The quantitative estimate of drug-likeness (QED) is 0.615. The molecule has 0 aromatic rings. The van der Waals surface area contributed by atoms with Gasteiger partial charge in [-0.3, -0.25) is 4.79 Å². The minimum Gasteiger partial charge on any atom is -0.373 e. The number of rotatable bonds is 2. The van der Waals surface area contributed by atoms with Crippen molar-refractivity contribution in [2.24, 2.45) is 0 Å². The summed E-state index contributed by atoms with van der Waals surface area (Å²) in [6.45, 7) is 5.27. The van der Waals surface area contributed by atoms with Gasteiger partial charge in [0, 0.05) is 12.7 Å². The van der Waals surface area contributed by atoms with Gasteiger partial charge >= 0.3 is 0 Å². The van der Waals surface area contributed by atoms with Crippen LogP contribution < -0.4 is 0 Å². The number of hydrogen-bond donors (Lipinski definition) is 0. The minimum absolute atomic E-state index is 0.0219. The lowest BCUT2D eigenvalue weighted by Gasteiger charge is -2.17. The predicted octanol–water partition coefficient (Wildman–Crippen LogP) is 1.45. The van der Waals surface area contributed by atoms with E-state index in [2.05, 4.69) is 12.7 Å². The van der Waals surface area contributed by atoms with Crippen LogP contribution in [0.5, 0.6) is 0 Å². The summed E-state index contributed by atoms with van der Waals surface area (Å²) in [5.74, 6) is -0.0219. The first-order valence-corrected chi connectivity index (χ1v) is 3.70. The molecule has 0 saturated carbocycles. The predicted molar refractivity (Wildman–Crippen MR) is 46.5 cm³/mol. The molecule has 0 aromatic carbocycles. The molecule has 0 aliphatic heterocycles. The Balaban J connectivity index is 2.91. The van der Waals surface area contributed by atoms with E-state index in [1.165, 1.54) is 6.92 Å². The topological polar surface area (TPSA) is 26.3 Å². The fraction of sp³-hybridized carbons (Fsp3) is 0.300. The van der Waals surface area contributed by atoms with E-state index < -0.39 is 0 Å². The zero-order valence-corrected chi connectivity index (χ0v) is 7.26. The molecule has 1 unspecified atom stereocenters. The van der Waals surface area contributed by atoms with E-state index in [0.717, 1.165) is 0 Å². The molecule has 0 bridgehead atoms. The van der Waals surface area contributed by atoms with Crippen LogP contribution in [0.3, 0.4) is 0 Å². The van der Waals surface area contributed by atoms with Crippen molar-refractivity contribution in [1.82, 2.24) is 0 Å². The monoisotopic (exact) mass is 163 g/mol. The first-order chi connectivity index (χ1) is 5.66. The van der Waals surface area contributed by atoms with Gasteiger partial charge < -0.3 is 4.74 Å². The third kappa shape index (κ3) is 1.53. The lowest BCUT2D eigenvalue weighted by atomic mass is 9.94. The summed E-state index contributed by atoms with van der Waals surface area (Å²) in [5, 5.41) is 0. The Morgan fingerprint density at radius 2 is 2.42 bits per heavy atom. The first kappa shape index (κ1) is 8.94. The van der Waals surface area contributed by atoms with E-state index >= 15 is 0 Å². The number of carbonyl (C=O) groups is 1. The van der Waals surface area contributed by atoms with Gasteiger partial charge in [-0.1, -0.05) is 18.7 Å². The number of carbonyl (C=O) groups excluding carboxylic acids is 1. The van der Waals surface area contributed by atoms with Crippen LogP contribution in [0, 0.1) is 6.08 Å². The van der Waals surface area contributed by atoms with Crippen LogP contribution in [0.25, 0.3) is 0 Å². The van der Waals surface area contributed by atoms with E-state index in [9.17, 15) is 4.79 Å². The van der Waals surface area contributed by atoms with Gasteiger partial charge in [0.05, 0.1) is 0 Å². The fourth-order valence-electron chi connectivity index (χ4n) is 1.12. The molecule has 0 aromatic heterocycles. The molecule has 1 rings (SSSR count). The zero-order valence-electron chi connectivity index (χ0n) is 7.26. The van der Waals surface area contributed by atoms with Crippen molar-refractivity contribution in [3.63, 3.8) is 0 Å². The second kappa shape index (κ2) is 3.50. The van der Waals surface area contributed by atoms with Gasteiger partial charge in [0.2, 0.25) is 0 Å². The van der Waals surface area contributed by atoms with Crippen molar-refractivity contribution in [3.8, 4) is 0 Å². The van der Waals surface area contributed by atoms with E-state index in [-0.39, 0.29) is 11.9 Å². The number of allylic oxidation sites excluding steroid dienone is 2. The second-order valence-corrected chi connectivity index (χ2v) is 2.62. The van der Waals surface area contributed by atoms with Gasteiger partial charge in [0.15, 0.2) is 5.78 Å². The Kier molecular flexibility index (Phi) is 2.61. The van der Waals surface area contributed by atoms with Crippen molar-refractivity contribution in [1.29, 1.82) is 0 Å². The lowest BCUT2D eigenvalue weighted by molar-refractivity contribution is -0.113. The number of methoxy groups -OCH3 is 1. The van der Waals surface area contributed by atoms with Gasteiger partial charge in [0.1, 0.15) is 6.10 Å². The molecule has 1 atom stereocenters. The summed E-state index contributed by atoms with van der Waals surface area (Å²) >= 11 is 0. The summed E-state index contributed by atoms with van der Waals surface area (Å²) in [5.41, 5.74) is 1.22. The Labute approximate surface area is 72.2 Å². The van der Waals surface area contributed by atoms with Crippen molar-refractivity contribution >= 4 is 5.78 Å². The highest BCUT2D eigenvalue weighted by Crippen LogP contribution is 2.20. The number of Topliss-reactive ketones (excluding diaryl/α,β-unsaturated/α-hetero) is 1. The van der Waals surface area contributed by atoms with E-state index in [1.807, 2.05) is 6.08 Å². The smallest absolute Gasteiger partial charge is 0.160 e. The van der Waals surface area contributed by atoms with E-state index in [1.54, 1.807) is 13.2 Å². The highest BCUT2D eigenvalue weighted by Gasteiger charge is 2.18. The largest absolute Gasteiger partial charge is 0.373 e. The fourth-order valence-corrected chi connectivity index (χ4v) is 1.12. The molecule has 1 aliphatic carbocycles. The maximum absolute atomic E-state index is 11.0. The average Bonchev–Trinajstić information content (AvgIpc) is 2.04. The molecule has 63 valence electrons. The molecule has 0 saturated heterocycles. The molecule has 0 spiro atoms. The van der Waals surface area contributed by atoms with Crippen LogP contribution in [-0.4, -0.2) is 19.0 Å². The summed E-state index contributed by atoms with van der Waals surface area (Å²) in [4.78, 5) is 11.0. The first-order valence-electron chi connectivity index (χ1n) is 3.70. The molecule has 1 radical (unpaired) electrons. The molecule has 0 amide bonds. The van der Waals surface area contributed by atoms with Crippen molar-refractivity contribution in [3.05, 3.63) is 36.0 Å². The summed E-state index contributed by atoms with van der Waals surface area (Å²) in [6, 6.07) is 0. The number of ketones is 1. The van der Waals surface area contributed by atoms with E-state index in [4.69, 9.17) is 4.74 Å². The Morgan fingerprint density at radius 1 is 1.75 bits per heavy atom. The van der Waals surface area contributed by atoms with Crippen LogP contribution >= 0.6 is 0 Å². The molecule has 2 heteroatoms. The second-order valence-electron chi connectivity index (χ2n) is 2.62. The van der Waals surface area contributed by atoms with Crippen LogP contribution in [0.1, 0.15) is 6.92 Å². The molecular formula is C10H11O2. The van der Waals surface area contributed by atoms with Gasteiger partial charge in [-0.15, -0.1) is 0 Å². The molecular weight excluding hydrogens is 152 g/mol. The summed E-state index contributed by atoms with van der Waals surface area (Å²) in [7, 11) is 1.59. The summed E-state index contributed by atoms with van der Waals surface area (Å²) < 4.78 is 5.08. The summed E-state index contributed by atoms with van der Waals surface area (Å²) in [6.07, 6.45) is 6.17. The third-order valence-corrected chi connectivity index (χ3v) is 1.77. The van der Waals surface area contributed by atoms with Gasteiger partial charge in [-0.2, -0.15) is 0 Å². The molecule has 0 N–H and O–H groups in total. The molecule has 12 heavy (non-hydrogen) atoms. The van der Waals surface area contributed by atoms with Gasteiger partial charge in [-0.05, 0) is 18.6 Å². The van der Waals surface area contributed by atoms with Crippen molar-refractivity contribution < 1.29 is 9.53 Å². The SMILES string of the molecule is C=C1C(C(C)=O)=[C]C=CC1OC. The molecule has 2 nitrogen and oxygen atoms in total. The van der Waals surface area contributed by atoms with Crippen LogP contribution in [0.4, 0.5) is 0 Å². The Bertz CT molecular complexity index is 272. The Hall–Kier alpha value is -1.15. The van der Waals surface area contributed by atoms with Gasteiger partial charge in [0.25, 0.3) is 0 Å². The van der Waals surface area contributed by atoms with Crippen molar-refractivity contribution in [2.75, 3.05) is 7.11 Å². The standard InChI is InChI=1S/C10H11O2/c1-7-9(8(2)11)5-4-6-10(7)12-3/h4,6,10H,1H2,2-3H3. The third-order valence-electron chi connectivity index (χ3n) is 1.77. The lowest BCUT2D eigenvalue weighted by Crippen LogP contribution is -2.17. The van der Waals surface area contributed by atoms with Crippen LogP contribution in [-0.2, 0) is 9.53 Å². The highest BCUT2D eigenvalue weighted by atomic mass is 16.5. The van der Waals surface area contributed by atoms with Crippen molar-refractivity contribution in [2.45, 2.75) is 13.0 Å². The average molecular weight is 163 g/mol. The number of ether oxygens (including phenoxy) is 1.